The van der Waals surface area contributed by atoms with Crippen molar-refractivity contribution in [3.63, 3.8) is 0 Å². The molecule has 0 spiro atoms. The highest BCUT2D eigenvalue weighted by Crippen LogP contribution is 2.42. The molecular formula is C16H11ClFNO2S2. The molecule has 3 rings (SSSR count). The van der Waals surface area contributed by atoms with E-state index < -0.39 is 10.0 Å². The Hall–Kier alpha value is -1.73. The minimum Gasteiger partial charge on any atom is -0.225 e. The Bertz CT molecular complexity index is 949. The predicted octanol–water partition coefficient (Wildman–Crippen LogP) is 4.52. The topological polar surface area (TPSA) is 60.2 Å². The Balaban J connectivity index is 2.10. The van der Waals surface area contributed by atoms with Gasteiger partial charge in [-0.3, -0.25) is 0 Å². The van der Waals surface area contributed by atoms with Gasteiger partial charge in [0, 0.05) is 16.5 Å². The molecule has 118 valence electrons. The van der Waals surface area contributed by atoms with Crippen molar-refractivity contribution in [2.75, 3.05) is 0 Å². The van der Waals surface area contributed by atoms with Gasteiger partial charge in [-0.05, 0) is 35.4 Å². The van der Waals surface area contributed by atoms with Crippen molar-refractivity contribution in [2.24, 2.45) is 5.14 Å². The van der Waals surface area contributed by atoms with E-state index in [2.05, 4.69) is 0 Å². The van der Waals surface area contributed by atoms with Gasteiger partial charge in [0.05, 0.1) is 4.90 Å². The van der Waals surface area contributed by atoms with Gasteiger partial charge in [-0.25, -0.2) is 17.9 Å². The number of benzene rings is 2. The predicted molar refractivity (Wildman–Crippen MR) is 91.5 cm³/mol. The summed E-state index contributed by atoms with van der Waals surface area (Å²) in [7, 11) is -3.73. The van der Waals surface area contributed by atoms with Gasteiger partial charge in [0.15, 0.2) is 0 Å². The summed E-state index contributed by atoms with van der Waals surface area (Å²) in [5.41, 5.74) is 3.25. The van der Waals surface area contributed by atoms with Gasteiger partial charge in [0.2, 0.25) is 10.0 Å². The molecule has 0 aliphatic carbocycles. The monoisotopic (exact) mass is 367 g/mol. The first-order valence-corrected chi connectivity index (χ1v) is 9.33. The van der Waals surface area contributed by atoms with Gasteiger partial charge < -0.3 is 0 Å². The van der Waals surface area contributed by atoms with Crippen molar-refractivity contribution in [1.29, 1.82) is 0 Å². The summed E-state index contributed by atoms with van der Waals surface area (Å²) >= 11 is 7.65. The fraction of sp³-hybridized carbons (Fsp3) is 0. The van der Waals surface area contributed by atoms with Crippen LogP contribution in [0.5, 0.6) is 0 Å². The van der Waals surface area contributed by atoms with Crippen LogP contribution < -0.4 is 5.14 Å². The lowest BCUT2D eigenvalue weighted by Crippen LogP contribution is -2.11. The second-order valence-corrected chi connectivity index (χ2v) is 7.92. The molecule has 0 aliphatic rings. The second-order valence-electron chi connectivity index (χ2n) is 4.87. The molecule has 0 amide bonds. The molecule has 7 heteroatoms. The van der Waals surface area contributed by atoms with Crippen LogP contribution >= 0.6 is 22.9 Å². The van der Waals surface area contributed by atoms with Crippen LogP contribution in [0, 0.1) is 5.82 Å². The van der Waals surface area contributed by atoms with Crippen LogP contribution in [0.4, 0.5) is 4.39 Å². The first-order chi connectivity index (χ1) is 10.9. The van der Waals surface area contributed by atoms with Crippen LogP contribution in [0.25, 0.3) is 22.3 Å². The molecule has 0 bridgehead atoms. The number of halogens is 2. The summed E-state index contributed by atoms with van der Waals surface area (Å²) in [5.74, 6) is -0.320. The third-order valence-electron chi connectivity index (χ3n) is 3.37. The van der Waals surface area contributed by atoms with E-state index in [9.17, 15) is 12.8 Å². The standard InChI is InChI=1S/C16H11ClFNO2S2/c17-16-15(11-1-5-12(18)6-2-11)14(9-22-16)10-3-7-13(8-4-10)23(19,20)21/h1-9H,(H2,19,20,21). The van der Waals surface area contributed by atoms with Gasteiger partial charge >= 0.3 is 0 Å². The minimum absolute atomic E-state index is 0.0471. The number of thiophene rings is 1. The van der Waals surface area contributed by atoms with E-state index in [1.807, 2.05) is 5.38 Å². The number of hydrogen-bond donors (Lipinski definition) is 1. The third kappa shape index (κ3) is 3.30. The summed E-state index contributed by atoms with van der Waals surface area (Å²) in [6.07, 6.45) is 0. The van der Waals surface area contributed by atoms with Crippen molar-refractivity contribution < 1.29 is 12.8 Å². The normalized spacial score (nSPS) is 11.6. The quantitative estimate of drug-likeness (QED) is 0.739. The number of rotatable bonds is 3. The Morgan fingerprint density at radius 3 is 2.09 bits per heavy atom. The summed E-state index contributed by atoms with van der Waals surface area (Å²) in [5, 5.41) is 6.98. The van der Waals surface area contributed by atoms with E-state index in [-0.39, 0.29) is 10.7 Å². The summed E-state index contributed by atoms with van der Waals surface area (Å²) in [4.78, 5) is 0.0471. The highest BCUT2D eigenvalue weighted by Gasteiger charge is 2.15. The summed E-state index contributed by atoms with van der Waals surface area (Å²) in [6.45, 7) is 0. The largest absolute Gasteiger partial charge is 0.238 e. The van der Waals surface area contributed by atoms with Crippen LogP contribution in [0.15, 0.2) is 58.8 Å². The van der Waals surface area contributed by atoms with E-state index in [0.717, 1.165) is 22.3 Å². The molecule has 0 saturated carbocycles. The molecule has 2 aromatic carbocycles. The maximum absolute atomic E-state index is 13.1. The number of hydrogen-bond acceptors (Lipinski definition) is 3. The highest BCUT2D eigenvalue weighted by molar-refractivity contribution is 7.89. The van der Waals surface area contributed by atoms with Gasteiger partial charge in [0.25, 0.3) is 0 Å². The molecule has 0 radical (unpaired) electrons. The van der Waals surface area contributed by atoms with Crippen molar-refractivity contribution in [2.45, 2.75) is 4.90 Å². The molecule has 1 heterocycles. The Morgan fingerprint density at radius 2 is 1.52 bits per heavy atom. The average Bonchev–Trinajstić information content (AvgIpc) is 2.89. The first-order valence-electron chi connectivity index (χ1n) is 6.52. The molecular weight excluding hydrogens is 357 g/mol. The highest BCUT2D eigenvalue weighted by atomic mass is 35.5. The van der Waals surface area contributed by atoms with Crippen LogP contribution in [-0.2, 0) is 10.0 Å². The fourth-order valence-corrected chi connectivity index (χ4v) is 3.94. The number of nitrogens with two attached hydrogens (primary N) is 1. The van der Waals surface area contributed by atoms with Crippen molar-refractivity contribution >= 4 is 33.0 Å². The molecule has 23 heavy (non-hydrogen) atoms. The maximum atomic E-state index is 13.1. The van der Waals surface area contributed by atoms with Gasteiger partial charge in [0.1, 0.15) is 10.2 Å². The van der Waals surface area contributed by atoms with Crippen molar-refractivity contribution in [3.05, 3.63) is 64.1 Å². The summed E-state index contributed by atoms with van der Waals surface area (Å²) in [6, 6.07) is 12.3. The molecule has 0 atom stereocenters. The smallest absolute Gasteiger partial charge is 0.225 e. The van der Waals surface area contributed by atoms with Crippen LogP contribution in [0.2, 0.25) is 4.34 Å². The zero-order valence-corrected chi connectivity index (χ0v) is 14.1. The van der Waals surface area contributed by atoms with Crippen molar-refractivity contribution in [1.82, 2.24) is 0 Å². The Labute approximate surface area is 142 Å². The lowest BCUT2D eigenvalue weighted by atomic mass is 9.99. The van der Waals surface area contributed by atoms with Crippen molar-refractivity contribution in [3.8, 4) is 22.3 Å². The van der Waals surface area contributed by atoms with E-state index in [4.69, 9.17) is 16.7 Å². The average molecular weight is 368 g/mol. The number of sulfonamides is 1. The van der Waals surface area contributed by atoms with E-state index in [0.29, 0.717) is 4.34 Å². The first kappa shape index (κ1) is 16.1. The third-order valence-corrected chi connectivity index (χ3v) is 5.52. The fourth-order valence-electron chi connectivity index (χ4n) is 2.26. The Kier molecular flexibility index (Phi) is 4.25. The van der Waals surface area contributed by atoms with Gasteiger partial charge in [-0.1, -0.05) is 35.9 Å². The minimum atomic E-state index is -3.73. The van der Waals surface area contributed by atoms with Gasteiger partial charge in [-0.2, -0.15) is 0 Å². The van der Waals surface area contributed by atoms with Gasteiger partial charge in [-0.15, -0.1) is 11.3 Å². The molecule has 0 fully saturated rings. The summed E-state index contributed by atoms with van der Waals surface area (Å²) < 4.78 is 36.4. The van der Waals surface area contributed by atoms with Crippen LogP contribution in [0.3, 0.4) is 0 Å². The molecule has 2 N–H and O–H groups in total. The lowest BCUT2D eigenvalue weighted by molar-refractivity contribution is 0.598. The molecule has 0 aliphatic heterocycles. The van der Waals surface area contributed by atoms with Crippen LogP contribution in [0.1, 0.15) is 0 Å². The molecule has 0 unspecified atom stereocenters. The van der Waals surface area contributed by atoms with Crippen LogP contribution in [-0.4, -0.2) is 8.42 Å². The molecule has 3 aromatic rings. The zero-order valence-electron chi connectivity index (χ0n) is 11.7. The maximum Gasteiger partial charge on any atom is 0.238 e. The van der Waals surface area contributed by atoms with E-state index in [1.165, 1.54) is 35.6 Å². The Morgan fingerprint density at radius 1 is 0.957 bits per heavy atom. The molecule has 1 aromatic heterocycles. The molecule has 3 nitrogen and oxygen atoms in total. The second kappa shape index (κ2) is 6.05. The van der Waals surface area contributed by atoms with E-state index >= 15 is 0 Å². The lowest BCUT2D eigenvalue weighted by Gasteiger charge is -2.07. The number of primary sulfonamides is 1. The zero-order chi connectivity index (χ0) is 16.6. The molecule has 0 saturated heterocycles. The SMILES string of the molecule is NS(=O)(=O)c1ccc(-c2csc(Cl)c2-c2ccc(F)cc2)cc1. The van der Waals surface area contributed by atoms with E-state index in [1.54, 1.807) is 24.3 Å².